The molecule has 232 valence electrons. The van der Waals surface area contributed by atoms with Gasteiger partial charge in [0.1, 0.15) is 50.4 Å². The average molecular weight is 609 g/mol. The predicted molar refractivity (Wildman–Crippen MR) is 155 cm³/mol. The van der Waals surface area contributed by atoms with Crippen LogP contribution in [0.4, 0.5) is 0 Å². The zero-order valence-electron chi connectivity index (χ0n) is 24.2. The lowest BCUT2D eigenvalue weighted by atomic mass is 10.0. The Kier molecular flexibility index (Phi) is 14.9. The summed E-state index contributed by atoms with van der Waals surface area (Å²) in [4.78, 5) is 79.7. The van der Waals surface area contributed by atoms with E-state index in [0.29, 0.717) is 48.4 Å². The van der Waals surface area contributed by atoms with Gasteiger partial charge in [-0.3, -0.25) is 33.7 Å². The number of likely N-dealkylation sites (N-methyl/N-ethyl adjacent to an activating group) is 1. The van der Waals surface area contributed by atoms with Gasteiger partial charge in [0.2, 0.25) is 5.91 Å². The van der Waals surface area contributed by atoms with Crippen LogP contribution in [0.3, 0.4) is 0 Å². The molecule has 0 unspecified atom stereocenters. The van der Waals surface area contributed by atoms with E-state index in [1.54, 1.807) is 55.6 Å². The normalized spacial score (nSPS) is 11.9. The fourth-order valence-electron chi connectivity index (χ4n) is 3.34. The van der Waals surface area contributed by atoms with E-state index in [-0.39, 0.29) is 31.4 Å². The summed E-state index contributed by atoms with van der Waals surface area (Å²) in [5, 5.41) is 0. The van der Waals surface area contributed by atoms with Gasteiger partial charge >= 0.3 is 5.97 Å². The van der Waals surface area contributed by atoms with Crippen LogP contribution in [0.2, 0.25) is 0 Å². The largest absolute Gasteiger partial charge is 0.491 e. The molecule has 0 spiro atoms. The van der Waals surface area contributed by atoms with Crippen molar-refractivity contribution in [2.75, 3.05) is 53.7 Å². The first-order chi connectivity index (χ1) is 21.2. The molecule has 0 aromatic heterocycles. The molecule has 1 aliphatic rings. The van der Waals surface area contributed by atoms with E-state index < -0.39 is 24.3 Å². The second-order valence-electron chi connectivity index (χ2n) is 8.76. The van der Waals surface area contributed by atoms with Crippen LogP contribution in [-0.4, -0.2) is 106 Å². The number of carbonyl (C=O) groups is 7. The van der Waals surface area contributed by atoms with E-state index in [9.17, 15) is 33.6 Å². The molecular weight excluding hydrogens is 576 g/mol. The molecule has 0 N–H and O–H groups in total. The maximum atomic E-state index is 12.6. The van der Waals surface area contributed by atoms with Crippen LogP contribution >= 0.6 is 0 Å². The minimum Gasteiger partial charge on any atom is -0.491 e. The standard InChI is InChI=1S/C24H23NO8.C7H9NO3/c1-30-12-13-31-19-6-2-17(3-7-19)24(29)18-4-8-20(9-5-18)32-14-15-33-23(28)16-25-21(26)10-11-22(25)27;1-8(4-6-10)7(11)3-2-5-9/h2-11H,12-16H2,1H3;2-3,5-6H,4H2,1H3/b;3-2-. The number of hydrogen-bond donors (Lipinski definition) is 0. The highest BCUT2D eigenvalue weighted by molar-refractivity contribution is 6.14. The highest BCUT2D eigenvalue weighted by atomic mass is 16.6. The number of esters is 1. The topological polar surface area (TPSA) is 163 Å². The monoisotopic (exact) mass is 608 g/mol. The molecule has 1 heterocycles. The number of nitrogens with zero attached hydrogens (tertiary/aromatic N) is 2. The van der Waals surface area contributed by atoms with Crippen molar-refractivity contribution in [1.82, 2.24) is 9.80 Å². The van der Waals surface area contributed by atoms with Gasteiger partial charge in [-0.15, -0.1) is 0 Å². The van der Waals surface area contributed by atoms with Gasteiger partial charge in [0.15, 0.2) is 5.78 Å². The van der Waals surface area contributed by atoms with Gasteiger partial charge in [0.05, 0.1) is 13.2 Å². The van der Waals surface area contributed by atoms with Crippen molar-refractivity contribution >= 4 is 42.0 Å². The first kappa shape index (κ1) is 34.8. The Hall–Kier alpha value is -5.43. The Morgan fingerprint density at radius 1 is 0.795 bits per heavy atom. The van der Waals surface area contributed by atoms with Crippen LogP contribution in [0.1, 0.15) is 15.9 Å². The maximum absolute atomic E-state index is 12.6. The van der Waals surface area contributed by atoms with Crippen molar-refractivity contribution in [3.05, 3.63) is 84.0 Å². The molecule has 0 fully saturated rings. The Bertz CT molecular complexity index is 1350. The zero-order valence-corrected chi connectivity index (χ0v) is 24.2. The fraction of sp³-hybridized carbons (Fsp3) is 0.258. The SMILES string of the molecule is CN(CC=O)C(=O)/C=C\C=O.COCCOc1ccc(C(=O)c2ccc(OCCOC(=O)CN3C(=O)C=CC3=O)cc2)cc1. The number of rotatable bonds is 16. The summed E-state index contributed by atoms with van der Waals surface area (Å²) in [5.41, 5.74) is 1.02. The van der Waals surface area contributed by atoms with Gasteiger partial charge in [-0.2, -0.15) is 0 Å². The van der Waals surface area contributed by atoms with Crippen molar-refractivity contribution in [2.45, 2.75) is 0 Å². The van der Waals surface area contributed by atoms with E-state index in [1.807, 2.05) is 0 Å². The van der Waals surface area contributed by atoms with Crippen LogP contribution < -0.4 is 9.47 Å². The van der Waals surface area contributed by atoms with Crippen molar-refractivity contribution in [1.29, 1.82) is 0 Å². The van der Waals surface area contributed by atoms with E-state index in [1.165, 1.54) is 11.9 Å². The number of ketones is 1. The highest BCUT2D eigenvalue weighted by Crippen LogP contribution is 2.18. The molecule has 0 saturated heterocycles. The quantitative estimate of drug-likeness (QED) is 0.0672. The summed E-state index contributed by atoms with van der Waals surface area (Å²) in [7, 11) is 3.07. The van der Waals surface area contributed by atoms with Crippen LogP contribution in [0.15, 0.2) is 72.8 Å². The van der Waals surface area contributed by atoms with E-state index >= 15 is 0 Å². The molecule has 0 aliphatic carbocycles. The highest BCUT2D eigenvalue weighted by Gasteiger charge is 2.26. The van der Waals surface area contributed by atoms with Crippen LogP contribution in [0, 0.1) is 0 Å². The predicted octanol–water partition coefficient (Wildman–Crippen LogP) is 1.19. The molecule has 2 aromatic rings. The van der Waals surface area contributed by atoms with E-state index in [4.69, 9.17) is 18.9 Å². The molecule has 13 heteroatoms. The molecule has 1 aliphatic heterocycles. The molecule has 2 aromatic carbocycles. The van der Waals surface area contributed by atoms with E-state index in [0.717, 1.165) is 29.2 Å². The minimum atomic E-state index is -0.708. The van der Waals surface area contributed by atoms with Crippen molar-refractivity contribution in [3.8, 4) is 11.5 Å². The van der Waals surface area contributed by atoms with Gasteiger partial charge in [-0.25, -0.2) is 0 Å². The van der Waals surface area contributed by atoms with Crippen LogP contribution in [0.5, 0.6) is 11.5 Å². The van der Waals surface area contributed by atoms with Crippen molar-refractivity contribution < 1.29 is 52.5 Å². The van der Waals surface area contributed by atoms with Gasteiger partial charge in [0.25, 0.3) is 11.8 Å². The summed E-state index contributed by atoms with van der Waals surface area (Å²) in [5.74, 6) is -1.14. The molecule has 3 amide bonds. The first-order valence-corrected chi connectivity index (χ1v) is 13.2. The fourth-order valence-corrected chi connectivity index (χ4v) is 3.34. The number of allylic oxidation sites excluding steroid dienone is 1. The molecule has 3 rings (SSSR count). The van der Waals surface area contributed by atoms with Crippen molar-refractivity contribution in [3.63, 3.8) is 0 Å². The summed E-state index contributed by atoms with van der Waals surface area (Å²) in [6, 6.07) is 13.4. The molecule has 0 radical (unpaired) electrons. The molecule has 0 saturated carbocycles. The van der Waals surface area contributed by atoms with Gasteiger partial charge in [-0.1, -0.05) is 0 Å². The van der Waals surface area contributed by atoms with E-state index in [2.05, 4.69) is 0 Å². The van der Waals surface area contributed by atoms with Crippen LogP contribution in [0.25, 0.3) is 0 Å². The number of imide groups is 1. The number of carbonyl (C=O) groups excluding carboxylic acids is 7. The second-order valence-corrected chi connectivity index (χ2v) is 8.76. The number of benzene rings is 2. The Morgan fingerprint density at radius 3 is 1.80 bits per heavy atom. The summed E-state index contributed by atoms with van der Waals surface area (Å²) >= 11 is 0. The lowest BCUT2D eigenvalue weighted by Gasteiger charge is -2.13. The first-order valence-electron chi connectivity index (χ1n) is 13.2. The molecule has 13 nitrogen and oxygen atoms in total. The third kappa shape index (κ3) is 11.8. The number of hydrogen-bond acceptors (Lipinski definition) is 11. The number of amides is 3. The zero-order chi connectivity index (χ0) is 32.3. The smallest absolute Gasteiger partial charge is 0.326 e. The number of aldehydes is 2. The van der Waals surface area contributed by atoms with Gasteiger partial charge in [0, 0.05) is 43.5 Å². The lowest BCUT2D eigenvalue weighted by molar-refractivity contribution is -0.152. The lowest BCUT2D eigenvalue weighted by Crippen LogP contribution is -2.36. The molecule has 44 heavy (non-hydrogen) atoms. The Balaban J connectivity index is 0.000000523. The summed E-state index contributed by atoms with van der Waals surface area (Å²) in [6.07, 6.45) is 5.52. The van der Waals surface area contributed by atoms with Crippen LogP contribution in [-0.2, 0) is 38.2 Å². The second kappa shape index (κ2) is 18.9. The van der Waals surface area contributed by atoms with Crippen molar-refractivity contribution in [2.24, 2.45) is 0 Å². The Morgan fingerprint density at radius 2 is 1.32 bits per heavy atom. The minimum absolute atomic E-state index is 0.0437. The number of methoxy groups -OCH3 is 1. The third-order valence-corrected chi connectivity index (χ3v) is 5.63. The number of ether oxygens (including phenoxy) is 4. The average Bonchev–Trinajstić information content (AvgIpc) is 3.35. The molecule has 0 bridgehead atoms. The Labute approximate surface area is 253 Å². The maximum Gasteiger partial charge on any atom is 0.326 e. The van der Waals surface area contributed by atoms with Gasteiger partial charge < -0.3 is 28.6 Å². The molecule has 0 atom stereocenters. The third-order valence-electron chi connectivity index (χ3n) is 5.63. The summed E-state index contributed by atoms with van der Waals surface area (Å²) in [6.45, 7) is 0.533. The summed E-state index contributed by atoms with van der Waals surface area (Å²) < 4.78 is 20.9. The van der Waals surface area contributed by atoms with Gasteiger partial charge in [-0.05, 0) is 54.6 Å². The molecular formula is C31H32N2O11.